The van der Waals surface area contributed by atoms with E-state index in [4.69, 9.17) is 0 Å². The van der Waals surface area contributed by atoms with Gasteiger partial charge in [-0.15, -0.1) is 5.10 Å². The fourth-order valence-electron chi connectivity index (χ4n) is 3.46. The van der Waals surface area contributed by atoms with Crippen molar-refractivity contribution in [3.8, 4) is 11.3 Å². The molecular formula is C19H22F3N3O. The van der Waals surface area contributed by atoms with Gasteiger partial charge in [-0.05, 0) is 57.1 Å². The zero-order valence-corrected chi connectivity index (χ0v) is 14.8. The van der Waals surface area contributed by atoms with Crippen LogP contribution < -0.4 is 0 Å². The third-order valence-electron chi connectivity index (χ3n) is 4.90. The summed E-state index contributed by atoms with van der Waals surface area (Å²) in [6.45, 7) is 3.66. The van der Waals surface area contributed by atoms with Crippen molar-refractivity contribution in [2.75, 3.05) is 20.1 Å². The van der Waals surface area contributed by atoms with Crippen LogP contribution in [0.2, 0.25) is 0 Å². The van der Waals surface area contributed by atoms with Crippen LogP contribution in [0.1, 0.15) is 35.8 Å². The van der Waals surface area contributed by atoms with Gasteiger partial charge in [-0.1, -0.05) is 12.1 Å². The van der Waals surface area contributed by atoms with Crippen molar-refractivity contribution in [2.24, 2.45) is 5.92 Å². The Bertz CT molecular complexity index is 762. The first-order valence-corrected chi connectivity index (χ1v) is 8.64. The molecule has 1 aliphatic rings. The summed E-state index contributed by atoms with van der Waals surface area (Å²) in [4.78, 5) is 2.19. The summed E-state index contributed by atoms with van der Waals surface area (Å²) in [6.07, 6.45) is -3.08. The van der Waals surface area contributed by atoms with Gasteiger partial charge >= 0.3 is 6.18 Å². The van der Waals surface area contributed by atoms with E-state index in [1.54, 1.807) is 6.07 Å². The van der Waals surface area contributed by atoms with E-state index in [0.29, 0.717) is 17.0 Å². The molecule has 7 heteroatoms. The average molecular weight is 365 g/mol. The van der Waals surface area contributed by atoms with Crippen molar-refractivity contribution in [1.29, 1.82) is 0 Å². The van der Waals surface area contributed by atoms with E-state index in [1.165, 1.54) is 12.1 Å². The maximum absolute atomic E-state index is 12.7. The maximum atomic E-state index is 12.7. The van der Waals surface area contributed by atoms with E-state index in [2.05, 4.69) is 15.1 Å². The summed E-state index contributed by atoms with van der Waals surface area (Å²) >= 11 is 0. The van der Waals surface area contributed by atoms with E-state index < -0.39 is 17.8 Å². The molecule has 0 radical (unpaired) electrons. The average Bonchev–Trinajstić information content (AvgIpc) is 2.60. The highest BCUT2D eigenvalue weighted by atomic mass is 19.4. The Hall–Kier alpha value is -1.99. The summed E-state index contributed by atoms with van der Waals surface area (Å²) in [6, 6.07) is 6.64. The second-order valence-electron chi connectivity index (χ2n) is 6.99. The minimum absolute atomic E-state index is 0.111. The van der Waals surface area contributed by atoms with Crippen molar-refractivity contribution in [2.45, 2.75) is 32.0 Å². The minimum Gasteiger partial charge on any atom is -0.386 e. The molecule has 1 aromatic heterocycles. The number of aliphatic hydroxyl groups is 1. The monoisotopic (exact) mass is 365 g/mol. The molecular weight excluding hydrogens is 343 g/mol. The lowest BCUT2D eigenvalue weighted by Crippen LogP contribution is -2.35. The molecule has 3 rings (SSSR count). The highest BCUT2D eigenvalue weighted by Crippen LogP contribution is 2.32. The number of halogens is 3. The highest BCUT2D eigenvalue weighted by Gasteiger charge is 2.30. The predicted molar refractivity (Wildman–Crippen MR) is 92.4 cm³/mol. The van der Waals surface area contributed by atoms with Gasteiger partial charge in [0.15, 0.2) is 0 Å². The smallest absolute Gasteiger partial charge is 0.386 e. The topological polar surface area (TPSA) is 49.2 Å². The Kier molecular flexibility index (Phi) is 5.29. The van der Waals surface area contributed by atoms with Gasteiger partial charge in [-0.3, -0.25) is 0 Å². The number of hydrogen-bond donors (Lipinski definition) is 1. The molecule has 2 heterocycles. The normalized spacial score (nSPS) is 20.2. The van der Waals surface area contributed by atoms with E-state index in [0.717, 1.165) is 43.6 Å². The second kappa shape index (κ2) is 7.32. The lowest BCUT2D eigenvalue weighted by Gasteiger charge is -2.32. The molecule has 1 aromatic carbocycles. The van der Waals surface area contributed by atoms with Crippen molar-refractivity contribution in [1.82, 2.24) is 15.1 Å². The predicted octanol–water partition coefficient (Wildman–Crippen LogP) is 3.85. The Balaban J connectivity index is 1.81. The number of aliphatic hydroxyl groups excluding tert-OH is 1. The Morgan fingerprint density at radius 3 is 2.46 bits per heavy atom. The lowest BCUT2D eigenvalue weighted by molar-refractivity contribution is -0.137. The minimum atomic E-state index is -4.36. The molecule has 140 valence electrons. The van der Waals surface area contributed by atoms with Gasteiger partial charge in [-0.2, -0.15) is 18.3 Å². The molecule has 0 aliphatic carbocycles. The van der Waals surface area contributed by atoms with Crippen LogP contribution in [0.4, 0.5) is 13.2 Å². The summed E-state index contributed by atoms with van der Waals surface area (Å²) in [7, 11) is 2.03. The van der Waals surface area contributed by atoms with Crippen LogP contribution in [0.5, 0.6) is 0 Å². The number of hydrogen-bond acceptors (Lipinski definition) is 4. The molecule has 4 nitrogen and oxygen atoms in total. The molecule has 1 unspecified atom stereocenters. The third-order valence-corrected chi connectivity index (χ3v) is 4.90. The first kappa shape index (κ1) is 18.8. The van der Waals surface area contributed by atoms with Gasteiger partial charge in [0.05, 0.1) is 17.0 Å². The van der Waals surface area contributed by atoms with E-state index in [9.17, 15) is 18.3 Å². The molecule has 2 atom stereocenters. The quantitative estimate of drug-likeness (QED) is 0.898. The Morgan fingerprint density at radius 1 is 1.19 bits per heavy atom. The molecule has 1 N–H and O–H groups in total. The molecule has 0 bridgehead atoms. The molecule has 1 aliphatic heterocycles. The zero-order valence-electron chi connectivity index (χ0n) is 14.8. The number of piperidine rings is 1. The van der Waals surface area contributed by atoms with Gasteiger partial charge in [0, 0.05) is 18.0 Å². The first-order chi connectivity index (χ1) is 12.3. The lowest BCUT2D eigenvalue weighted by atomic mass is 9.90. The van der Waals surface area contributed by atoms with Gasteiger partial charge < -0.3 is 10.0 Å². The zero-order chi connectivity index (χ0) is 18.9. The SMILES string of the molecule is Cc1cc([C@H](O)C2CCCN(C)C2)nnc1-c1ccc(C(F)(F)F)cc1. The third kappa shape index (κ3) is 4.04. The largest absolute Gasteiger partial charge is 0.416 e. The standard InChI is InChI=1S/C19H22F3N3O/c1-12-10-16(18(26)14-4-3-9-25(2)11-14)23-24-17(12)13-5-7-15(8-6-13)19(20,21)22/h5-8,10,14,18,26H,3-4,9,11H2,1-2H3/t14?,18-/m1/s1. The van der Waals surface area contributed by atoms with Gasteiger partial charge in [0.25, 0.3) is 0 Å². The van der Waals surface area contributed by atoms with Crippen molar-refractivity contribution >= 4 is 0 Å². The molecule has 0 saturated carbocycles. The summed E-state index contributed by atoms with van der Waals surface area (Å²) in [5, 5.41) is 18.9. The van der Waals surface area contributed by atoms with Gasteiger partial charge in [-0.25, -0.2) is 0 Å². The second-order valence-corrected chi connectivity index (χ2v) is 6.99. The van der Waals surface area contributed by atoms with E-state index in [-0.39, 0.29) is 5.92 Å². The number of alkyl halides is 3. The Labute approximate surface area is 150 Å². The number of nitrogens with zero attached hydrogens (tertiary/aromatic N) is 3. The first-order valence-electron chi connectivity index (χ1n) is 8.64. The Morgan fingerprint density at radius 2 is 1.88 bits per heavy atom. The summed E-state index contributed by atoms with van der Waals surface area (Å²) in [5.41, 5.74) is 1.69. The number of rotatable bonds is 3. The van der Waals surface area contributed by atoms with Crippen LogP contribution >= 0.6 is 0 Å². The fourth-order valence-corrected chi connectivity index (χ4v) is 3.46. The maximum Gasteiger partial charge on any atom is 0.416 e. The molecule has 0 spiro atoms. The molecule has 2 aromatic rings. The van der Waals surface area contributed by atoms with Crippen LogP contribution in [-0.4, -0.2) is 40.3 Å². The molecule has 1 fully saturated rings. The van der Waals surface area contributed by atoms with Crippen LogP contribution in [0.15, 0.2) is 30.3 Å². The number of likely N-dealkylation sites (tertiary alicyclic amines) is 1. The van der Waals surface area contributed by atoms with Gasteiger partial charge in [0.2, 0.25) is 0 Å². The molecule has 26 heavy (non-hydrogen) atoms. The summed E-state index contributed by atoms with van der Waals surface area (Å²) in [5.74, 6) is 0.111. The van der Waals surface area contributed by atoms with Crippen molar-refractivity contribution in [3.63, 3.8) is 0 Å². The van der Waals surface area contributed by atoms with Crippen LogP contribution in [0.3, 0.4) is 0 Å². The highest BCUT2D eigenvalue weighted by molar-refractivity contribution is 5.62. The number of aromatic nitrogens is 2. The summed E-state index contributed by atoms with van der Waals surface area (Å²) < 4.78 is 38.1. The number of benzene rings is 1. The molecule has 0 amide bonds. The number of aryl methyl sites for hydroxylation is 1. The molecule has 1 saturated heterocycles. The van der Waals surface area contributed by atoms with Crippen LogP contribution in [-0.2, 0) is 6.18 Å². The van der Waals surface area contributed by atoms with E-state index in [1.807, 2.05) is 14.0 Å². The fraction of sp³-hybridized carbons (Fsp3) is 0.474. The van der Waals surface area contributed by atoms with E-state index >= 15 is 0 Å². The van der Waals surface area contributed by atoms with Crippen molar-refractivity contribution < 1.29 is 18.3 Å². The van der Waals surface area contributed by atoms with Crippen molar-refractivity contribution in [3.05, 3.63) is 47.2 Å². The van der Waals surface area contributed by atoms with Crippen LogP contribution in [0.25, 0.3) is 11.3 Å². The van der Waals surface area contributed by atoms with Crippen LogP contribution in [0, 0.1) is 12.8 Å². The van der Waals surface area contributed by atoms with Gasteiger partial charge in [0.1, 0.15) is 6.10 Å².